The van der Waals surface area contributed by atoms with E-state index in [9.17, 15) is 10.1 Å². The second-order valence-electron chi connectivity index (χ2n) is 7.67. The number of pyridine rings is 1. The van der Waals surface area contributed by atoms with Crippen molar-refractivity contribution in [1.29, 1.82) is 0 Å². The number of hydrogen-bond acceptors (Lipinski definition) is 8. The molecule has 1 saturated carbocycles. The minimum atomic E-state index is -0.333. The zero-order valence-electron chi connectivity index (χ0n) is 17.1. The molecule has 4 rings (SSSR count). The molecule has 158 valence electrons. The van der Waals surface area contributed by atoms with Gasteiger partial charge in [-0.1, -0.05) is 25.0 Å². The monoisotopic (exact) mass is 409 g/mol. The molecule has 0 N–H and O–H groups in total. The van der Waals surface area contributed by atoms with Crippen LogP contribution in [0.2, 0.25) is 0 Å². The van der Waals surface area contributed by atoms with Gasteiger partial charge in [-0.2, -0.15) is 0 Å². The Morgan fingerprint density at radius 2 is 1.87 bits per heavy atom. The van der Waals surface area contributed by atoms with Gasteiger partial charge in [-0.15, -0.1) is 6.58 Å². The van der Waals surface area contributed by atoms with Crippen LogP contribution in [-0.4, -0.2) is 58.6 Å². The summed E-state index contributed by atoms with van der Waals surface area (Å²) in [6, 6.07) is 6.10. The first kappa shape index (κ1) is 20.1. The Labute approximate surface area is 176 Å². The van der Waals surface area contributed by atoms with Crippen LogP contribution >= 0.6 is 0 Å². The quantitative estimate of drug-likeness (QED) is 0.391. The lowest BCUT2D eigenvalue weighted by Crippen LogP contribution is -2.47. The van der Waals surface area contributed by atoms with E-state index in [0.29, 0.717) is 31.3 Å². The average molecular weight is 409 g/mol. The van der Waals surface area contributed by atoms with Crippen LogP contribution in [-0.2, 0) is 0 Å². The summed E-state index contributed by atoms with van der Waals surface area (Å²) >= 11 is 0. The topological polar surface area (TPSA) is 91.5 Å². The molecule has 0 bridgehead atoms. The van der Waals surface area contributed by atoms with Gasteiger partial charge in [-0.3, -0.25) is 10.1 Å². The SMILES string of the molecule is C=CCN(c1ncnc(N2CCN(c3ccccn3)CC2)c1[N+](=O)[O-])C1CCCC1. The van der Waals surface area contributed by atoms with Gasteiger partial charge in [0.25, 0.3) is 0 Å². The summed E-state index contributed by atoms with van der Waals surface area (Å²) in [5.41, 5.74) is -0.00228. The van der Waals surface area contributed by atoms with Crippen LogP contribution in [0, 0.1) is 10.1 Å². The van der Waals surface area contributed by atoms with Crippen molar-refractivity contribution in [2.75, 3.05) is 47.4 Å². The lowest BCUT2D eigenvalue weighted by Gasteiger charge is -2.36. The van der Waals surface area contributed by atoms with Crippen LogP contribution in [0.25, 0.3) is 0 Å². The number of piperazine rings is 1. The highest BCUT2D eigenvalue weighted by Gasteiger charge is 2.34. The molecule has 2 aromatic heterocycles. The second kappa shape index (κ2) is 9.06. The molecule has 0 amide bonds. The van der Waals surface area contributed by atoms with E-state index in [1.165, 1.54) is 6.33 Å². The van der Waals surface area contributed by atoms with Crippen molar-refractivity contribution in [3.05, 3.63) is 53.5 Å². The Hall–Kier alpha value is -3.23. The molecule has 0 aromatic carbocycles. The lowest BCUT2D eigenvalue weighted by atomic mass is 10.2. The summed E-state index contributed by atoms with van der Waals surface area (Å²) in [5.74, 6) is 1.73. The zero-order valence-corrected chi connectivity index (χ0v) is 17.1. The molecule has 1 aliphatic heterocycles. The summed E-state index contributed by atoms with van der Waals surface area (Å²) in [6.07, 6.45) is 9.34. The van der Waals surface area contributed by atoms with Crippen molar-refractivity contribution >= 4 is 23.1 Å². The van der Waals surface area contributed by atoms with Crippen LogP contribution in [0.3, 0.4) is 0 Å². The molecule has 2 aromatic rings. The third kappa shape index (κ3) is 4.05. The highest BCUT2D eigenvalue weighted by atomic mass is 16.6. The third-order valence-corrected chi connectivity index (χ3v) is 5.88. The molecule has 0 atom stereocenters. The Balaban J connectivity index is 1.60. The van der Waals surface area contributed by atoms with Crippen molar-refractivity contribution in [2.24, 2.45) is 0 Å². The van der Waals surface area contributed by atoms with Gasteiger partial charge in [0, 0.05) is 45.0 Å². The van der Waals surface area contributed by atoms with E-state index in [2.05, 4.69) is 26.4 Å². The summed E-state index contributed by atoms with van der Waals surface area (Å²) < 4.78 is 0. The fraction of sp³-hybridized carbons (Fsp3) is 0.476. The largest absolute Gasteiger partial charge is 0.353 e. The van der Waals surface area contributed by atoms with Crippen molar-refractivity contribution in [3.8, 4) is 0 Å². The Morgan fingerprint density at radius 1 is 1.13 bits per heavy atom. The predicted octanol–water partition coefficient (Wildman–Crippen LogP) is 3.04. The molecular weight excluding hydrogens is 382 g/mol. The first-order valence-corrected chi connectivity index (χ1v) is 10.5. The van der Waals surface area contributed by atoms with Gasteiger partial charge in [0.2, 0.25) is 11.6 Å². The molecule has 2 fully saturated rings. The number of anilines is 3. The number of nitrogens with zero attached hydrogens (tertiary/aromatic N) is 7. The minimum absolute atomic E-state index is 0.00228. The van der Waals surface area contributed by atoms with Gasteiger partial charge in [0.15, 0.2) is 0 Å². The molecule has 1 saturated heterocycles. The molecule has 9 nitrogen and oxygen atoms in total. The number of hydrogen-bond donors (Lipinski definition) is 0. The highest BCUT2D eigenvalue weighted by molar-refractivity contribution is 5.72. The summed E-state index contributed by atoms with van der Waals surface area (Å²) in [6.45, 7) is 7.11. The minimum Gasteiger partial charge on any atom is -0.353 e. The van der Waals surface area contributed by atoms with Crippen LogP contribution in [0.15, 0.2) is 43.4 Å². The predicted molar refractivity (Wildman–Crippen MR) is 117 cm³/mol. The van der Waals surface area contributed by atoms with Crippen molar-refractivity contribution < 1.29 is 4.92 Å². The number of aromatic nitrogens is 3. The van der Waals surface area contributed by atoms with Crippen molar-refractivity contribution in [2.45, 2.75) is 31.7 Å². The first-order valence-electron chi connectivity index (χ1n) is 10.5. The Morgan fingerprint density at radius 3 is 2.50 bits per heavy atom. The van der Waals surface area contributed by atoms with Gasteiger partial charge >= 0.3 is 5.69 Å². The van der Waals surface area contributed by atoms with E-state index < -0.39 is 0 Å². The third-order valence-electron chi connectivity index (χ3n) is 5.88. The summed E-state index contributed by atoms with van der Waals surface area (Å²) in [4.78, 5) is 31.1. The maximum absolute atomic E-state index is 12.1. The van der Waals surface area contributed by atoms with Crippen LogP contribution < -0.4 is 14.7 Å². The van der Waals surface area contributed by atoms with Gasteiger partial charge in [-0.25, -0.2) is 15.0 Å². The first-order chi connectivity index (χ1) is 14.7. The van der Waals surface area contributed by atoms with E-state index >= 15 is 0 Å². The number of rotatable bonds is 7. The molecule has 9 heteroatoms. The fourth-order valence-corrected chi connectivity index (χ4v) is 4.42. The molecule has 0 radical (unpaired) electrons. The van der Waals surface area contributed by atoms with Crippen LogP contribution in [0.1, 0.15) is 25.7 Å². The fourth-order valence-electron chi connectivity index (χ4n) is 4.42. The van der Waals surface area contributed by atoms with Crippen molar-refractivity contribution in [1.82, 2.24) is 15.0 Å². The summed E-state index contributed by atoms with van der Waals surface area (Å²) in [5, 5.41) is 12.1. The molecule has 0 spiro atoms. The normalized spacial score (nSPS) is 17.2. The average Bonchev–Trinajstić information content (AvgIpc) is 3.32. The zero-order chi connectivity index (χ0) is 20.9. The Kier molecular flexibility index (Phi) is 6.06. The molecule has 1 aliphatic carbocycles. The van der Waals surface area contributed by atoms with Gasteiger partial charge in [0.05, 0.1) is 4.92 Å². The maximum atomic E-state index is 12.1. The second-order valence-corrected chi connectivity index (χ2v) is 7.67. The van der Waals surface area contributed by atoms with E-state index in [-0.39, 0.29) is 16.7 Å². The molecule has 2 aliphatic rings. The smallest absolute Gasteiger partial charge is 0.353 e. The van der Waals surface area contributed by atoms with Gasteiger partial charge < -0.3 is 14.7 Å². The highest BCUT2D eigenvalue weighted by Crippen LogP contribution is 2.38. The standard InChI is InChI=1S/C21H27N7O2/c1-2-11-27(17-7-3-4-8-17)21-19(28(29)30)20(23-16-24-21)26-14-12-25(13-15-26)18-9-5-6-10-22-18/h2,5-6,9-10,16-17H,1,3-4,7-8,11-15H2. The molecule has 0 unspecified atom stereocenters. The molecule has 3 heterocycles. The van der Waals surface area contributed by atoms with Crippen molar-refractivity contribution in [3.63, 3.8) is 0 Å². The lowest BCUT2D eigenvalue weighted by molar-refractivity contribution is -0.383. The Bertz CT molecular complexity index is 878. The van der Waals surface area contributed by atoms with Gasteiger partial charge in [0.1, 0.15) is 12.1 Å². The van der Waals surface area contributed by atoms with Gasteiger partial charge in [-0.05, 0) is 25.0 Å². The van der Waals surface area contributed by atoms with Crippen LogP contribution in [0.4, 0.5) is 23.1 Å². The van der Waals surface area contributed by atoms with E-state index in [4.69, 9.17) is 0 Å². The van der Waals surface area contributed by atoms with E-state index in [1.807, 2.05) is 28.0 Å². The van der Waals surface area contributed by atoms with E-state index in [0.717, 1.165) is 44.6 Å². The number of nitro groups is 1. The molecule has 30 heavy (non-hydrogen) atoms. The van der Waals surface area contributed by atoms with E-state index in [1.54, 1.807) is 12.3 Å². The molecular formula is C21H27N7O2. The maximum Gasteiger partial charge on any atom is 0.353 e. The summed E-state index contributed by atoms with van der Waals surface area (Å²) in [7, 11) is 0. The van der Waals surface area contributed by atoms with Crippen LogP contribution in [0.5, 0.6) is 0 Å².